The van der Waals surface area contributed by atoms with Gasteiger partial charge >= 0.3 is 0 Å². The molecule has 5 rings (SSSR count). The van der Waals surface area contributed by atoms with E-state index < -0.39 is 5.54 Å². The number of fused-ring (bicyclic) bond motifs is 3. The van der Waals surface area contributed by atoms with Crippen molar-refractivity contribution >= 4 is 17.6 Å². The number of hydrogen-bond donors (Lipinski definition) is 1. The third-order valence-corrected chi connectivity index (χ3v) is 8.64. The number of nitrogens with two attached hydrogens (primary N) is 1. The van der Waals surface area contributed by atoms with Crippen molar-refractivity contribution < 1.29 is 9.53 Å². The topological polar surface area (TPSA) is 72.3 Å². The zero-order valence-electron chi connectivity index (χ0n) is 19.7. The maximum atomic E-state index is 14.0. The van der Waals surface area contributed by atoms with Crippen molar-refractivity contribution in [2.45, 2.75) is 56.6 Å². The number of methoxy groups -OCH3 is 1. The van der Waals surface area contributed by atoms with Gasteiger partial charge in [-0.2, -0.15) is 0 Å². The van der Waals surface area contributed by atoms with Crippen LogP contribution >= 0.6 is 0 Å². The molecule has 170 valence electrons. The number of amides is 1. The molecule has 3 aliphatic rings. The largest absolute Gasteiger partial charge is 0.381 e. The van der Waals surface area contributed by atoms with Gasteiger partial charge in [0.1, 0.15) is 0 Å². The summed E-state index contributed by atoms with van der Waals surface area (Å²) < 4.78 is 5.68. The molecule has 1 unspecified atom stereocenters. The lowest BCUT2D eigenvalue weighted by Gasteiger charge is -2.52. The maximum Gasteiger partial charge on any atom is 0.262 e. The number of carbonyl (C=O) groups is 1. The van der Waals surface area contributed by atoms with Crippen LogP contribution in [0.5, 0.6) is 0 Å². The Morgan fingerprint density at radius 1 is 1.12 bits per heavy atom. The summed E-state index contributed by atoms with van der Waals surface area (Å²) in [7, 11) is 3.49. The number of aliphatic imine (C=N–C) groups is 1. The minimum Gasteiger partial charge on any atom is -0.381 e. The van der Waals surface area contributed by atoms with E-state index in [1.54, 1.807) is 20.2 Å². The molecule has 6 heteroatoms. The van der Waals surface area contributed by atoms with Crippen molar-refractivity contribution in [3.8, 4) is 11.1 Å². The van der Waals surface area contributed by atoms with E-state index in [0.717, 1.165) is 47.9 Å². The first-order valence-electron chi connectivity index (χ1n) is 11.5. The maximum absolute atomic E-state index is 14.0. The Kier molecular flexibility index (Phi) is 4.70. The molecule has 0 saturated heterocycles. The van der Waals surface area contributed by atoms with Gasteiger partial charge in [-0.25, -0.2) is 9.84 Å². The van der Waals surface area contributed by atoms with Crippen LogP contribution in [-0.2, 0) is 20.5 Å². The minimum absolute atomic E-state index is 0.0465. The van der Waals surface area contributed by atoms with E-state index in [-0.39, 0.29) is 28.8 Å². The lowest BCUT2D eigenvalue weighted by molar-refractivity contribution is -0.140. The summed E-state index contributed by atoms with van der Waals surface area (Å²) in [6.45, 7) is 11.9. The molecular formula is C27H30N4O2. The molecular weight excluding hydrogens is 412 g/mol. The molecule has 1 heterocycles. The monoisotopic (exact) mass is 442 g/mol. The summed E-state index contributed by atoms with van der Waals surface area (Å²) in [6, 6.07) is 14.0. The summed E-state index contributed by atoms with van der Waals surface area (Å²) in [5.74, 6) is 0.229. The molecule has 0 radical (unpaired) electrons. The molecule has 0 aromatic heterocycles. The highest BCUT2D eigenvalue weighted by atomic mass is 16.5. The van der Waals surface area contributed by atoms with E-state index in [0.29, 0.717) is 5.69 Å². The quantitative estimate of drug-likeness (QED) is 0.682. The molecule has 1 aliphatic heterocycles. The van der Waals surface area contributed by atoms with E-state index in [9.17, 15) is 4.79 Å². The standard InChI is InChI=1S/C27H30N4O2/c1-25(2)21-10-9-18(17-7-6-8-19(15-17)29-3)16-22(21)27(23(32)31(4)24(28)30-27)26(25)13-11-20(33-5)12-14-26/h6-10,15-16,20H,11-14H2,1-2,4-5H3,(H2,28,30). The predicted molar refractivity (Wildman–Crippen MR) is 129 cm³/mol. The molecule has 33 heavy (non-hydrogen) atoms. The zero-order valence-corrected chi connectivity index (χ0v) is 19.7. The molecule has 0 bridgehead atoms. The first-order chi connectivity index (χ1) is 15.7. The molecule has 1 atom stereocenters. The summed E-state index contributed by atoms with van der Waals surface area (Å²) in [6.07, 6.45) is 3.66. The SMILES string of the molecule is [C-]#[N+]c1cccc(-c2ccc3c(c2)C2(N=C(N)N(C)C2=O)C2(CCC(OC)CC2)C3(C)C)c1. The van der Waals surface area contributed by atoms with Gasteiger partial charge in [-0.05, 0) is 65.5 Å². The summed E-state index contributed by atoms with van der Waals surface area (Å²) >= 11 is 0. The third kappa shape index (κ3) is 2.63. The number of guanidine groups is 1. The molecule has 6 nitrogen and oxygen atoms in total. The number of likely N-dealkylation sites (N-methyl/N-ethyl adjacent to an activating group) is 1. The fraction of sp³-hybridized carbons (Fsp3) is 0.444. The number of carbonyl (C=O) groups excluding carboxylic acids is 1. The number of hydrogen-bond acceptors (Lipinski definition) is 4. The van der Waals surface area contributed by atoms with Gasteiger partial charge in [-0.3, -0.25) is 9.69 Å². The average molecular weight is 443 g/mol. The normalized spacial score (nSPS) is 29.9. The van der Waals surface area contributed by atoms with Crippen molar-refractivity contribution in [2.24, 2.45) is 16.1 Å². The summed E-state index contributed by atoms with van der Waals surface area (Å²) in [5, 5.41) is 0. The highest BCUT2D eigenvalue weighted by Gasteiger charge is 2.72. The Morgan fingerprint density at radius 2 is 1.82 bits per heavy atom. The smallest absolute Gasteiger partial charge is 0.262 e. The molecule has 2 aromatic carbocycles. The van der Waals surface area contributed by atoms with Gasteiger partial charge in [0.05, 0.1) is 12.7 Å². The van der Waals surface area contributed by atoms with Gasteiger partial charge in [-0.15, -0.1) is 0 Å². The van der Waals surface area contributed by atoms with Gasteiger partial charge in [0, 0.05) is 19.6 Å². The van der Waals surface area contributed by atoms with Crippen LogP contribution in [-0.4, -0.2) is 37.0 Å². The van der Waals surface area contributed by atoms with Crippen LogP contribution in [0.25, 0.3) is 16.0 Å². The zero-order chi connectivity index (χ0) is 23.6. The first kappa shape index (κ1) is 21.7. The molecule has 1 amide bonds. The Labute approximate surface area is 195 Å². The fourth-order valence-electron chi connectivity index (χ4n) is 6.73. The minimum atomic E-state index is -1.04. The van der Waals surface area contributed by atoms with Crippen LogP contribution in [0, 0.1) is 12.0 Å². The lowest BCUT2D eigenvalue weighted by atomic mass is 9.52. The van der Waals surface area contributed by atoms with Gasteiger partial charge < -0.3 is 10.5 Å². The predicted octanol–water partition coefficient (Wildman–Crippen LogP) is 4.75. The number of nitrogens with zero attached hydrogens (tertiary/aromatic N) is 3. The lowest BCUT2D eigenvalue weighted by Crippen LogP contribution is -2.56. The second-order valence-electron chi connectivity index (χ2n) is 10.1. The van der Waals surface area contributed by atoms with Crippen LogP contribution in [0.1, 0.15) is 50.7 Å². The van der Waals surface area contributed by atoms with Crippen molar-refractivity contribution in [1.82, 2.24) is 4.90 Å². The molecule has 1 saturated carbocycles. The highest BCUT2D eigenvalue weighted by molar-refractivity contribution is 6.08. The Balaban J connectivity index is 1.76. The number of benzene rings is 2. The number of rotatable bonds is 2. The summed E-state index contributed by atoms with van der Waals surface area (Å²) in [5.41, 5.74) is 9.23. The fourth-order valence-corrected chi connectivity index (χ4v) is 6.73. The van der Waals surface area contributed by atoms with E-state index in [1.807, 2.05) is 18.2 Å². The second-order valence-corrected chi connectivity index (χ2v) is 10.1. The highest BCUT2D eigenvalue weighted by Crippen LogP contribution is 2.69. The Hall–Kier alpha value is -3.17. The molecule has 2 spiro atoms. The van der Waals surface area contributed by atoms with Crippen LogP contribution in [0.4, 0.5) is 5.69 Å². The van der Waals surface area contributed by atoms with Crippen molar-refractivity contribution in [3.05, 3.63) is 65.0 Å². The van der Waals surface area contributed by atoms with Crippen molar-refractivity contribution in [2.75, 3.05) is 14.2 Å². The van der Waals surface area contributed by atoms with Crippen LogP contribution in [0.3, 0.4) is 0 Å². The van der Waals surface area contributed by atoms with E-state index in [1.165, 1.54) is 4.90 Å². The third-order valence-electron chi connectivity index (χ3n) is 8.64. The van der Waals surface area contributed by atoms with Gasteiger partial charge in [-0.1, -0.05) is 44.2 Å². The van der Waals surface area contributed by atoms with Crippen LogP contribution in [0.15, 0.2) is 47.5 Å². The Morgan fingerprint density at radius 3 is 2.42 bits per heavy atom. The molecule has 2 aliphatic carbocycles. The van der Waals surface area contributed by atoms with Crippen molar-refractivity contribution in [1.29, 1.82) is 0 Å². The van der Waals surface area contributed by atoms with E-state index in [4.69, 9.17) is 22.0 Å². The van der Waals surface area contributed by atoms with Crippen LogP contribution in [0.2, 0.25) is 0 Å². The first-order valence-corrected chi connectivity index (χ1v) is 11.5. The Bertz CT molecular complexity index is 1220. The van der Waals surface area contributed by atoms with Gasteiger partial charge in [0.25, 0.3) is 5.91 Å². The van der Waals surface area contributed by atoms with Crippen molar-refractivity contribution in [3.63, 3.8) is 0 Å². The number of ether oxygens (including phenoxy) is 1. The van der Waals surface area contributed by atoms with E-state index in [2.05, 4.69) is 36.9 Å². The molecule has 1 fully saturated rings. The summed E-state index contributed by atoms with van der Waals surface area (Å²) in [4.78, 5) is 24.1. The average Bonchev–Trinajstić information content (AvgIpc) is 3.16. The van der Waals surface area contributed by atoms with Gasteiger partial charge in [0.2, 0.25) is 0 Å². The van der Waals surface area contributed by atoms with Gasteiger partial charge in [0.15, 0.2) is 17.2 Å². The molecule has 2 N–H and O–H groups in total. The van der Waals surface area contributed by atoms with E-state index >= 15 is 0 Å². The molecule has 2 aromatic rings. The second kappa shape index (κ2) is 7.16. The van der Waals surface area contributed by atoms with Crippen LogP contribution < -0.4 is 5.73 Å².